The molecular formula is C24H16Cl2N2O4S. The van der Waals surface area contributed by atoms with Crippen LogP contribution in [0.25, 0.3) is 21.2 Å². The summed E-state index contributed by atoms with van der Waals surface area (Å²) in [6, 6.07) is 14.7. The van der Waals surface area contributed by atoms with Gasteiger partial charge < -0.3 is 10.2 Å². The van der Waals surface area contributed by atoms with Gasteiger partial charge in [0.1, 0.15) is 5.75 Å². The Balaban J connectivity index is 1.53. The third kappa shape index (κ3) is 4.71. The van der Waals surface area contributed by atoms with Crippen molar-refractivity contribution in [3.8, 4) is 16.2 Å². The highest BCUT2D eigenvalue weighted by Gasteiger charge is 2.16. The molecule has 3 N–H and O–H groups in total. The zero-order chi connectivity index (χ0) is 23.7. The standard InChI is InChI=1S/C24H16Cl2N2O4S/c1-12(18-11-33-22(21(18)29)15-6-7-19(25)20(26)10-15)27-28-23(30)16-4-2-14-9-17(24(31)32)5-3-13(14)8-16/h2-11,29H,1H3,(H,28,30)(H,31,32). The Hall–Kier alpha value is -3.39. The lowest BCUT2D eigenvalue weighted by atomic mass is 10.0. The summed E-state index contributed by atoms with van der Waals surface area (Å²) < 4.78 is 0. The molecule has 0 saturated heterocycles. The van der Waals surface area contributed by atoms with Crippen molar-refractivity contribution in [1.82, 2.24) is 5.43 Å². The summed E-state index contributed by atoms with van der Waals surface area (Å²) in [4.78, 5) is 24.3. The zero-order valence-electron chi connectivity index (χ0n) is 17.1. The highest BCUT2D eigenvalue weighted by atomic mass is 35.5. The van der Waals surface area contributed by atoms with E-state index in [0.717, 1.165) is 10.9 Å². The van der Waals surface area contributed by atoms with E-state index in [1.807, 2.05) is 0 Å². The minimum Gasteiger partial charge on any atom is -0.506 e. The first-order valence-corrected chi connectivity index (χ1v) is 11.3. The van der Waals surface area contributed by atoms with Gasteiger partial charge >= 0.3 is 5.97 Å². The summed E-state index contributed by atoms with van der Waals surface area (Å²) in [5, 5.41) is 27.9. The molecule has 0 saturated carbocycles. The van der Waals surface area contributed by atoms with E-state index in [9.17, 15) is 14.7 Å². The number of aromatic hydroxyl groups is 1. The minimum absolute atomic E-state index is 0.0360. The van der Waals surface area contributed by atoms with Crippen LogP contribution in [0.2, 0.25) is 10.0 Å². The van der Waals surface area contributed by atoms with Crippen LogP contribution >= 0.6 is 34.5 Å². The van der Waals surface area contributed by atoms with E-state index in [1.165, 1.54) is 17.4 Å². The third-order valence-electron chi connectivity index (χ3n) is 5.01. The van der Waals surface area contributed by atoms with Crippen molar-refractivity contribution >= 4 is 62.9 Å². The highest BCUT2D eigenvalue weighted by molar-refractivity contribution is 7.14. The lowest BCUT2D eigenvalue weighted by Crippen LogP contribution is -2.19. The molecule has 3 aromatic carbocycles. The van der Waals surface area contributed by atoms with Crippen molar-refractivity contribution < 1.29 is 19.8 Å². The van der Waals surface area contributed by atoms with Crippen LogP contribution in [-0.2, 0) is 0 Å². The van der Waals surface area contributed by atoms with Gasteiger partial charge in [0, 0.05) is 10.9 Å². The van der Waals surface area contributed by atoms with Gasteiger partial charge in [0.25, 0.3) is 5.91 Å². The molecule has 4 rings (SSSR count). The fraction of sp³-hybridized carbons (Fsp3) is 0.0417. The summed E-state index contributed by atoms with van der Waals surface area (Å²) >= 11 is 13.4. The van der Waals surface area contributed by atoms with Gasteiger partial charge in [-0.25, -0.2) is 10.2 Å². The van der Waals surface area contributed by atoms with Crippen molar-refractivity contribution in [3.63, 3.8) is 0 Å². The van der Waals surface area contributed by atoms with Gasteiger partial charge in [-0.2, -0.15) is 5.10 Å². The Bertz CT molecular complexity index is 1450. The molecule has 9 heteroatoms. The Labute approximate surface area is 202 Å². The van der Waals surface area contributed by atoms with Gasteiger partial charge in [-0.05, 0) is 59.7 Å². The first-order valence-electron chi connectivity index (χ1n) is 9.62. The molecule has 4 aromatic rings. The molecule has 166 valence electrons. The van der Waals surface area contributed by atoms with Gasteiger partial charge in [0.2, 0.25) is 0 Å². The molecule has 0 radical (unpaired) electrons. The quantitative estimate of drug-likeness (QED) is 0.218. The molecule has 1 heterocycles. The molecule has 6 nitrogen and oxygen atoms in total. The third-order valence-corrected chi connectivity index (χ3v) is 6.77. The number of carboxylic acid groups (broad SMARTS) is 1. The average Bonchev–Trinajstić information content (AvgIpc) is 3.19. The number of hydrogen-bond acceptors (Lipinski definition) is 5. The Morgan fingerprint density at radius 1 is 0.939 bits per heavy atom. The van der Waals surface area contributed by atoms with Crippen LogP contribution < -0.4 is 5.43 Å². The van der Waals surface area contributed by atoms with Crippen molar-refractivity contribution in [2.45, 2.75) is 6.92 Å². The lowest BCUT2D eigenvalue weighted by molar-refractivity contribution is 0.0696. The Morgan fingerprint density at radius 3 is 2.27 bits per heavy atom. The number of hydrogen-bond donors (Lipinski definition) is 3. The number of amides is 1. The van der Waals surface area contributed by atoms with Crippen LogP contribution in [0, 0.1) is 0 Å². The SMILES string of the molecule is CC(=NNC(=O)c1ccc2cc(C(=O)O)ccc2c1)c1csc(-c2ccc(Cl)c(Cl)c2)c1O. The molecule has 1 aromatic heterocycles. The molecule has 0 fully saturated rings. The van der Waals surface area contributed by atoms with Crippen LogP contribution in [0.3, 0.4) is 0 Å². The maximum atomic E-state index is 12.6. The van der Waals surface area contributed by atoms with Gasteiger partial charge in [0.15, 0.2) is 0 Å². The van der Waals surface area contributed by atoms with Crippen molar-refractivity contribution in [1.29, 1.82) is 0 Å². The number of carboxylic acids is 1. The molecule has 0 spiro atoms. The zero-order valence-corrected chi connectivity index (χ0v) is 19.4. The average molecular weight is 499 g/mol. The van der Waals surface area contributed by atoms with E-state index >= 15 is 0 Å². The summed E-state index contributed by atoms with van der Waals surface area (Å²) in [5.41, 5.74) is 4.67. The number of benzene rings is 3. The van der Waals surface area contributed by atoms with Crippen molar-refractivity contribution in [2.75, 3.05) is 0 Å². The fourth-order valence-corrected chi connectivity index (χ4v) is 4.53. The predicted octanol–water partition coefficient (Wildman–Crippen LogP) is 6.43. The normalized spacial score (nSPS) is 11.5. The van der Waals surface area contributed by atoms with E-state index in [0.29, 0.717) is 37.1 Å². The lowest BCUT2D eigenvalue weighted by Gasteiger charge is -2.06. The number of fused-ring (bicyclic) bond motifs is 1. The van der Waals surface area contributed by atoms with Gasteiger partial charge in [-0.3, -0.25) is 4.79 Å². The van der Waals surface area contributed by atoms with E-state index in [2.05, 4.69) is 10.5 Å². The number of carbonyl (C=O) groups is 2. The molecule has 0 unspecified atom stereocenters. The van der Waals surface area contributed by atoms with Crippen molar-refractivity contribution in [2.24, 2.45) is 5.10 Å². The first-order chi connectivity index (χ1) is 15.7. The van der Waals surface area contributed by atoms with Gasteiger partial charge in [0.05, 0.1) is 31.8 Å². The maximum Gasteiger partial charge on any atom is 0.335 e. The number of nitrogens with one attached hydrogen (secondary N) is 1. The highest BCUT2D eigenvalue weighted by Crippen LogP contribution is 2.40. The van der Waals surface area contributed by atoms with E-state index in [-0.39, 0.29) is 11.3 Å². The largest absolute Gasteiger partial charge is 0.506 e. The smallest absolute Gasteiger partial charge is 0.335 e. The summed E-state index contributed by atoms with van der Waals surface area (Å²) in [5.74, 6) is -1.41. The van der Waals surface area contributed by atoms with E-state index < -0.39 is 11.9 Å². The summed E-state index contributed by atoms with van der Waals surface area (Å²) in [6.45, 7) is 1.68. The number of rotatable bonds is 5. The molecule has 1 amide bonds. The number of hydrazone groups is 1. The molecule has 0 aliphatic heterocycles. The predicted molar refractivity (Wildman–Crippen MR) is 132 cm³/mol. The van der Waals surface area contributed by atoms with Crippen molar-refractivity contribution in [3.05, 3.63) is 86.7 Å². The van der Waals surface area contributed by atoms with E-state index in [4.69, 9.17) is 28.3 Å². The summed E-state index contributed by atoms with van der Waals surface area (Å²) in [7, 11) is 0. The fourth-order valence-electron chi connectivity index (χ4n) is 3.23. The van der Waals surface area contributed by atoms with Crippen LogP contribution in [0.15, 0.2) is 65.1 Å². The van der Waals surface area contributed by atoms with Gasteiger partial charge in [-0.1, -0.05) is 41.4 Å². The van der Waals surface area contributed by atoms with Crippen LogP contribution in [0.1, 0.15) is 33.2 Å². The second-order valence-corrected chi connectivity index (χ2v) is 8.87. The molecule has 0 atom stereocenters. The number of aromatic carboxylic acids is 1. The number of carbonyl (C=O) groups excluding carboxylic acids is 1. The summed E-state index contributed by atoms with van der Waals surface area (Å²) in [6.07, 6.45) is 0. The number of nitrogens with zero attached hydrogens (tertiary/aromatic N) is 1. The molecule has 0 aliphatic rings. The first kappa shape index (κ1) is 22.8. The van der Waals surface area contributed by atoms with Gasteiger partial charge in [-0.15, -0.1) is 11.3 Å². The minimum atomic E-state index is -1.01. The topological polar surface area (TPSA) is 99.0 Å². The number of thiophene rings is 1. The second kappa shape index (κ2) is 9.23. The van der Waals surface area contributed by atoms with Crippen LogP contribution in [-0.4, -0.2) is 27.8 Å². The molecule has 0 bridgehead atoms. The Kier molecular flexibility index (Phi) is 6.37. The maximum absolute atomic E-state index is 12.6. The molecule has 0 aliphatic carbocycles. The van der Waals surface area contributed by atoms with Crippen LogP contribution in [0.5, 0.6) is 5.75 Å². The second-order valence-electron chi connectivity index (χ2n) is 7.18. The molecule has 33 heavy (non-hydrogen) atoms. The number of halogens is 2. The Morgan fingerprint density at radius 2 is 1.61 bits per heavy atom. The van der Waals surface area contributed by atoms with E-state index in [1.54, 1.807) is 60.8 Å². The van der Waals surface area contributed by atoms with Crippen LogP contribution in [0.4, 0.5) is 0 Å². The molecular weight excluding hydrogens is 483 g/mol. The monoisotopic (exact) mass is 498 g/mol.